The SMILES string of the molecule is CC(CN(C(=O)c1cccc(OC(F)F)c1)C1CC1)C(=O)O. The molecule has 1 aliphatic carbocycles. The lowest BCUT2D eigenvalue weighted by Crippen LogP contribution is -2.38. The van der Waals surface area contributed by atoms with Crippen LogP contribution in [0.15, 0.2) is 24.3 Å². The molecule has 1 aromatic carbocycles. The van der Waals surface area contributed by atoms with Crippen molar-refractivity contribution in [3.05, 3.63) is 29.8 Å². The average molecular weight is 313 g/mol. The highest BCUT2D eigenvalue weighted by atomic mass is 19.3. The standard InChI is InChI=1S/C15H17F2NO4/c1-9(14(20)21)8-18(11-5-6-11)13(19)10-3-2-4-12(7-10)22-15(16)17/h2-4,7,9,11,15H,5-6,8H2,1H3,(H,20,21). The molecule has 120 valence electrons. The monoisotopic (exact) mass is 313 g/mol. The van der Waals surface area contributed by atoms with Gasteiger partial charge in [0.2, 0.25) is 0 Å². The second-order valence-corrected chi connectivity index (χ2v) is 5.33. The van der Waals surface area contributed by atoms with E-state index in [1.165, 1.54) is 36.1 Å². The number of benzene rings is 1. The van der Waals surface area contributed by atoms with Gasteiger partial charge < -0.3 is 14.7 Å². The van der Waals surface area contributed by atoms with Crippen LogP contribution in [0.2, 0.25) is 0 Å². The molecule has 7 heteroatoms. The third-order valence-electron chi connectivity index (χ3n) is 3.45. The summed E-state index contributed by atoms with van der Waals surface area (Å²) in [5, 5.41) is 8.99. The number of hydrogen-bond donors (Lipinski definition) is 1. The predicted octanol–water partition coefficient (Wildman–Crippen LogP) is 2.61. The van der Waals surface area contributed by atoms with E-state index < -0.39 is 18.5 Å². The van der Waals surface area contributed by atoms with E-state index in [9.17, 15) is 18.4 Å². The summed E-state index contributed by atoms with van der Waals surface area (Å²) in [6.45, 7) is -1.34. The maximum absolute atomic E-state index is 12.5. The van der Waals surface area contributed by atoms with Crippen molar-refractivity contribution in [2.75, 3.05) is 6.54 Å². The molecule has 0 aromatic heterocycles. The van der Waals surface area contributed by atoms with Crippen LogP contribution in [0.1, 0.15) is 30.1 Å². The van der Waals surface area contributed by atoms with Crippen LogP contribution in [-0.2, 0) is 4.79 Å². The molecule has 22 heavy (non-hydrogen) atoms. The Kier molecular flexibility index (Phi) is 4.95. The fourth-order valence-corrected chi connectivity index (χ4v) is 2.13. The molecule has 1 amide bonds. The maximum atomic E-state index is 12.5. The van der Waals surface area contributed by atoms with E-state index in [-0.39, 0.29) is 29.8 Å². The summed E-state index contributed by atoms with van der Waals surface area (Å²) < 4.78 is 28.7. The molecule has 0 aliphatic heterocycles. The molecule has 5 nitrogen and oxygen atoms in total. The number of nitrogens with zero attached hydrogens (tertiary/aromatic N) is 1. The van der Waals surface area contributed by atoms with Gasteiger partial charge in [0.1, 0.15) is 5.75 Å². The van der Waals surface area contributed by atoms with Crippen LogP contribution in [0.3, 0.4) is 0 Å². The summed E-state index contributed by atoms with van der Waals surface area (Å²) in [6, 6.07) is 5.56. The van der Waals surface area contributed by atoms with E-state index in [2.05, 4.69) is 4.74 Å². The Hall–Kier alpha value is -2.18. The topological polar surface area (TPSA) is 66.8 Å². The van der Waals surface area contributed by atoms with Crippen molar-refractivity contribution in [1.82, 2.24) is 4.90 Å². The number of aliphatic carboxylic acids is 1. The third kappa shape index (κ3) is 4.16. The fourth-order valence-electron chi connectivity index (χ4n) is 2.13. The van der Waals surface area contributed by atoms with Crippen LogP contribution in [0.5, 0.6) is 5.75 Å². The number of hydrogen-bond acceptors (Lipinski definition) is 3. The van der Waals surface area contributed by atoms with Crippen LogP contribution in [0.4, 0.5) is 8.78 Å². The Balaban J connectivity index is 2.14. The number of ether oxygens (including phenoxy) is 1. The van der Waals surface area contributed by atoms with E-state index in [1.54, 1.807) is 0 Å². The van der Waals surface area contributed by atoms with Crippen molar-refractivity contribution < 1.29 is 28.2 Å². The van der Waals surface area contributed by atoms with E-state index in [1.807, 2.05) is 0 Å². The second-order valence-electron chi connectivity index (χ2n) is 5.33. The first kappa shape index (κ1) is 16.2. The quantitative estimate of drug-likeness (QED) is 0.840. The fraction of sp³-hybridized carbons (Fsp3) is 0.467. The van der Waals surface area contributed by atoms with Gasteiger partial charge in [0, 0.05) is 18.2 Å². The predicted molar refractivity (Wildman–Crippen MR) is 73.9 cm³/mol. The Morgan fingerprint density at radius 1 is 1.41 bits per heavy atom. The van der Waals surface area contributed by atoms with E-state index in [4.69, 9.17) is 5.11 Å². The molecule has 0 radical (unpaired) electrons. The lowest BCUT2D eigenvalue weighted by atomic mass is 10.1. The Morgan fingerprint density at radius 2 is 2.09 bits per heavy atom. The molecule has 1 fully saturated rings. The molecule has 1 aliphatic rings. The smallest absolute Gasteiger partial charge is 0.387 e. The molecular weight excluding hydrogens is 296 g/mol. The van der Waals surface area contributed by atoms with Gasteiger partial charge in [-0.3, -0.25) is 9.59 Å². The first-order chi connectivity index (χ1) is 10.4. The summed E-state index contributed by atoms with van der Waals surface area (Å²) in [4.78, 5) is 25.0. The normalized spacial score (nSPS) is 15.5. The second kappa shape index (κ2) is 6.72. The lowest BCUT2D eigenvalue weighted by molar-refractivity contribution is -0.141. The number of carbonyl (C=O) groups is 2. The zero-order chi connectivity index (χ0) is 16.3. The van der Waals surface area contributed by atoms with Crippen molar-refractivity contribution in [2.24, 2.45) is 5.92 Å². The van der Waals surface area contributed by atoms with Crippen molar-refractivity contribution in [2.45, 2.75) is 32.4 Å². The maximum Gasteiger partial charge on any atom is 0.387 e. The molecule has 0 heterocycles. The van der Waals surface area contributed by atoms with Crippen LogP contribution in [-0.4, -0.2) is 41.1 Å². The van der Waals surface area contributed by atoms with Crippen LogP contribution in [0.25, 0.3) is 0 Å². The summed E-state index contributed by atoms with van der Waals surface area (Å²) in [6.07, 6.45) is 1.65. The molecule has 1 saturated carbocycles. The number of alkyl halides is 2. The summed E-state index contributed by atoms with van der Waals surface area (Å²) >= 11 is 0. The van der Waals surface area contributed by atoms with Gasteiger partial charge in [-0.05, 0) is 31.0 Å². The molecule has 2 rings (SSSR count). The number of amides is 1. The number of halogens is 2. The van der Waals surface area contributed by atoms with Crippen molar-refractivity contribution >= 4 is 11.9 Å². The van der Waals surface area contributed by atoms with Gasteiger partial charge in [-0.15, -0.1) is 0 Å². The minimum atomic E-state index is -2.96. The van der Waals surface area contributed by atoms with Crippen LogP contribution < -0.4 is 4.74 Å². The number of carboxylic acid groups (broad SMARTS) is 1. The minimum absolute atomic E-state index is 0.0222. The molecule has 1 atom stereocenters. The van der Waals surface area contributed by atoms with E-state index >= 15 is 0 Å². The highest BCUT2D eigenvalue weighted by Gasteiger charge is 2.35. The zero-order valence-electron chi connectivity index (χ0n) is 12.0. The third-order valence-corrected chi connectivity index (χ3v) is 3.45. The van der Waals surface area contributed by atoms with Crippen LogP contribution in [0, 0.1) is 5.92 Å². The number of carboxylic acids is 1. The largest absolute Gasteiger partial charge is 0.481 e. The molecule has 1 unspecified atom stereocenters. The van der Waals surface area contributed by atoms with Gasteiger partial charge in [-0.25, -0.2) is 0 Å². The van der Waals surface area contributed by atoms with Crippen molar-refractivity contribution in [3.8, 4) is 5.75 Å². The van der Waals surface area contributed by atoms with E-state index in [0.717, 1.165) is 12.8 Å². The number of carbonyl (C=O) groups excluding carboxylic acids is 1. The highest BCUT2D eigenvalue weighted by molar-refractivity contribution is 5.95. The summed E-state index contributed by atoms with van der Waals surface area (Å²) in [5.41, 5.74) is 0.211. The molecule has 0 spiro atoms. The first-order valence-corrected chi connectivity index (χ1v) is 6.97. The van der Waals surface area contributed by atoms with Crippen LogP contribution >= 0.6 is 0 Å². The average Bonchev–Trinajstić information content (AvgIpc) is 3.27. The van der Waals surface area contributed by atoms with Crippen molar-refractivity contribution in [1.29, 1.82) is 0 Å². The van der Waals surface area contributed by atoms with E-state index in [0.29, 0.717) is 0 Å². The molecule has 1 aromatic rings. The molecule has 0 bridgehead atoms. The molecule has 0 saturated heterocycles. The van der Waals surface area contributed by atoms with Gasteiger partial charge in [0.05, 0.1) is 5.92 Å². The van der Waals surface area contributed by atoms with Gasteiger partial charge >= 0.3 is 12.6 Å². The minimum Gasteiger partial charge on any atom is -0.481 e. The van der Waals surface area contributed by atoms with Gasteiger partial charge in [0.15, 0.2) is 0 Å². The van der Waals surface area contributed by atoms with Crippen molar-refractivity contribution in [3.63, 3.8) is 0 Å². The summed E-state index contributed by atoms with van der Waals surface area (Å²) in [5.74, 6) is -2.13. The van der Waals surface area contributed by atoms with Gasteiger partial charge in [-0.2, -0.15) is 8.78 Å². The number of rotatable bonds is 7. The Labute approximate surface area is 126 Å². The first-order valence-electron chi connectivity index (χ1n) is 6.97. The van der Waals surface area contributed by atoms with Gasteiger partial charge in [0.25, 0.3) is 5.91 Å². The summed E-state index contributed by atoms with van der Waals surface area (Å²) in [7, 11) is 0. The lowest BCUT2D eigenvalue weighted by Gasteiger charge is -2.24. The van der Waals surface area contributed by atoms with Gasteiger partial charge in [-0.1, -0.05) is 13.0 Å². The molecule has 1 N–H and O–H groups in total. The highest BCUT2D eigenvalue weighted by Crippen LogP contribution is 2.29. The Bertz CT molecular complexity index is 560. The Morgan fingerprint density at radius 3 is 2.64 bits per heavy atom. The molecular formula is C15H17F2NO4. The zero-order valence-corrected chi connectivity index (χ0v) is 12.0.